The Morgan fingerprint density at radius 2 is 2.10 bits per heavy atom. The molecule has 1 aromatic rings. The number of hydrogen-bond acceptors (Lipinski definition) is 3. The van der Waals surface area contributed by atoms with E-state index in [0.717, 1.165) is 38.0 Å². The average Bonchev–Trinajstić information content (AvgIpc) is 2.54. The topological polar surface area (TPSA) is 29.5 Å². The van der Waals surface area contributed by atoms with Crippen LogP contribution in [-0.4, -0.2) is 31.1 Å². The molecule has 3 rings (SSSR count). The molecule has 0 saturated carbocycles. The van der Waals surface area contributed by atoms with Crippen molar-refractivity contribution in [3.63, 3.8) is 0 Å². The molecule has 1 aliphatic carbocycles. The summed E-state index contributed by atoms with van der Waals surface area (Å²) in [4.78, 5) is 14.4. The highest BCUT2D eigenvalue weighted by atomic mass is 16.5. The predicted molar refractivity (Wildman–Crippen MR) is 82.6 cm³/mol. The summed E-state index contributed by atoms with van der Waals surface area (Å²) < 4.78 is 4.94. The third-order valence-corrected chi connectivity index (χ3v) is 4.79. The number of carbonyl (C=O) groups is 1. The first kappa shape index (κ1) is 14.3. The summed E-state index contributed by atoms with van der Waals surface area (Å²) in [7, 11) is 1.48. The number of hydrogen-bond donors (Lipinski definition) is 0. The zero-order valence-electron chi connectivity index (χ0n) is 12.6. The van der Waals surface area contributed by atoms with Crippen LogP contribution >= 0.6 is 0 Å². The first-order valence-corrected chi connectivity index (χ1v) is 7.82. The van der Waals surface area contributed by atoms with Crippen LogP contribution in [0.25, 0.3) is 0 Å². The third-order valence-electron chi connectivity index (χ3n) is 4.79. The Bertz CT molecular complexity index is 523. The number of esters is 1. The van der Waals surface area contributed by atoms with Crippen LogP contribution < -0.4 is 0 Å². The van der Waals surface area contributed by atoms with Gasteiger partial charge in [-0.25, -0.2) is 4.79 Å². The molecular formula is C18H23NO2. The lowest BCUT2D eigenvalue weighted by Gasteiger charge is -2.41. The van der Waals surface area contributed by atoms with Crippen LogP contribution in [0.3, 0.4) is 0 Å². The Kier molecular flexibility index (Phi) is 4.39. The number of benzene rings is 1. The van der Waals surface area contributed by atoms with Gasteiger partial charge in [0.15, 0.2) is 0 Å². The number of methoxy groups -OCH3 is 1. The Morgan fingerprint density at radius 3 is 2.86 bits per heavy atom. The van der Waals surface area contributed by atoms with Crippen molar-refractivity contribution in [2.45, 2.75) is 25.8 Å². The lowest BCUT2D eigenvalue weighted by atomic mass is 9.74. The van der Waals surface area contributed by atoms with Gasteiger partial charge in [-0.15, -0.1) is 0 Å². The maximum Gasteiger partial charge on any atom is 0.333 e. The fourth-order valence-electron chi connectivity index (χ4n) is 3.75. The number of ether oxygens (including phenoxy) is 1. The smallest absolute Gasteiger partial charge is 0.333 e. The Hall–Kier alpha value is -1.61. The van der Waals surface area contributed by atoms with E-state index in [1.54, 1.807) is 0 Å². The van der Waals surface area contributed by atoms with Crippen LogP contribution in [0.15, 0.2) is 42.0 Å². The minimum Gasteiger partial charge on any atom is -0.466 e. The van der Waals surface area contributed by atoms with Gasteiger partial charge in [0.2, 0.25) is 0 Å². The van der Waals surface area contributed by atoms with E-state index in [1.807, 2.05) is 0 Å². The van der Waals surface area contributed by atoms with Gasteiger partial charge in [-0.3, -0.25) is 4.90 Å². The van der Waals surface area contributed by atoms with Crippen molar-refractivity contribution in [2.24, 2.45) is 11.8 Å². The molecule has 0 spiro atoms. The fourth-order valence-corrected chi connectivity index (χ4v) is 3.75. The first-order chi connectivity index (χ1) is 10.3. The van der Waals surface area contributed by atoms with Gasteiger partial charge in [-0.2, -0.15) is 0 Å². The lowest BCUT2D eigenvalue weighted by molar-refractivity contribution is -0.137. The van der Waals surface area contributed by atoms with E-state index < -0.39 is 0 Å². The molecule has 3 heteroatoms. The SMILES string of the molecule is COC(=O)C1=CCC[C@H]2CN(Cc3ccccc3)CC[C@H]12. The van der Waals surface area contributed by atoms with Crippen LogP contribution in [-0.2, 0) is 16.1 Å². The van der Waals surface area contributed by atoms with Gasteiger partial charge in [0, 0.05) is 18.7 Å². The maximum absolute atomic E-state index is 11.9. The average molecular weight is 285 g/mol. The molecule has 2 aliphatic rings. The first-order valence-electron chi connectivity index (χ1n) is 7.82. The number of carbonyl (C=O) groups excluding carboxylic acids is 1. The molecule has 3 nitrogen and oxygen atoms in total. The molecule has 0 aromatic heterocycles. The molecule has 0 bridgehead atoms. The van der Waals surface area contributed by atoms with Gasteiger partial charge in [-0.05, 0) is 43.2 Å². The number of piperidine rings is 1. The van der Waals surface area contributed by atoms with E-state index >= 15 is 0 Å². The highest BCUT2D eigenvalue weighted by molar-refractivity contribution is 5.89. The van der Waals surface area contributed by atoms with E-state index in [2.05, 4.69) is 41.3 Å². The Balaban J connectivity index is 1.65. The Morgan fingerprint density at radius 1 is 1.29 bits per heavy atom. The van der Waals surface area contributed by atoms with Crippen molar-refractivity contribution in [3.8, 4) is 0 Å². The van der Waals surface area contributed by atoms with Gasteiger partial charge in [0.25, 0.3) is 0 Å². The molecule has 1 aromatic carbocycles. The molecular weight excluding hydrogens is 262 g/mol. The zero-order chi connectivity index (χ0) is 14.7. The number of allylic oxidation sites excluding steroid dienone is 1. The summed E-state index contributed by atoms with van der Waals surface area (Å²) in [5, 5.41) is 0. The summed E-state index contributed by atoms with van der Waals surface area (Å²) in [5.41, 5.74) is 2.30. The molecule has 2 atom stereocenters. The fraction of sp³-hybridized carbons (Fsp3) is 0.500. The van der Waals surface area contributed by atoms with Gasteiger partial charge in [0.05, 0.1) is 7.11 Å². The molecule has 1 saturated heterocycles. The minimum atomic E-state index is -0.124. The van der Waals surface area contributed by atoms with Crippen LogP contribution in [0.4, 0.5) is 0 Å². The predicted octanol–water partition coefficient (Wildman–Crippen LogP) is 3.02. The van der Waals surface area contributed by atoms with Crippen molar-refractivity contribution in [2.75, 3.05) is 20.2 Å². The van der Waals surface area contributed by atoms with Crippen LogP contribution in [0, 0.1) is 11.8 Å². The van der Waals surface area contributed by atoms with E-state index in [4.69, 9.17) is 4.74 Å². The van der Waals surface area contributed by atoms with Gasteiger partial charge < -0.3 is 4.74 Å². The van der Waals surface area contributed by atoms with Crippen LogP contribution in [0.2, 0.25) is 0 Å². The summed E-state index contributed by atoms with van der Waals surface area (Å²) in [6.45, 7) is 3.17. The Labute approximate surface area is 126 Å². The minimum absolute atomic E-state index is 0.124. The van der Waals surface area contributed by atoms with Gasteiger partial charge in [0.1, 0.15) is 0 Å². The largest absolute Gasteiger partial charge is 0.466 e. The molecule has 1 heterocycles. The molecule has 0 unspecified atom stereocenters. The van der Waals surface area contributed by atoms with Crippen molar-refractivity contribution < 1.29 is 9.53 Å². The number of nitrogens with zero attached hydrogens (tertiary/aromatic N) is 1. The molecule has 1 fully saturated rings. The van der Waals surface area contributed by atoms with Crippen molar-refractivity contribution in [1.82, 2.24) is 4.90 Å². The summed E-state index contributed by atoms with van der Waals surface area (Å²) >= 11 is 0. The second-order valence-corrected chi connectivity index (χ2v) is 6.10. The number of fused-ring (bicyclic) bond motifs is 1. The molecule has 112 valence electrons. The second-order valence-electron chi connectivity index (χ2n) is 6.10. The van der Waals surface area contributed by atoms with Crippen molar-refractivity contribution >= 4 is 5.97 Å². The monoisotopic (exact) mass is 285 g/mol. The highest BCUT2D eigenvalue weighted by Gasteiger charge is 2.36. The molecule has 1 aliphatic heterocycles. The van der Waals surface area contributed by atoms with Crippen LogP contribution in [0.1, 0.15) is 24.8 Å². The van der Waals surface area contributed by atoms with Crippen molar-refractivity contribution in [1.29, 1.82) is 0 Å². The second kappa shape index (κ2) is 6.44. The van der Waals surface area contributed by atoms with Gasteiger partial charge >= 0.3 is 5.97 Å². The normalized spacial score (nSPS) is 25.9. The van der Waals surface area contributed by atoms with Crippen LogP contribution in [0.5, 0.6) is 0 Å². The standard InChI is InChI=1S/C18H23NO2/c1-21-18(20)17-9-5-8-15-13-19(11-10-16(15)17)12-14-6-3-2-4-7-14/h2-4,6-7,9,15-16H,5,8,10-13H2,1H3/t15-,16-/m0/s1. The van der Waals surface area contributed by atoms with E-state index in [-0.39, 0.29) is 5.97 Å². The zero-order valence-corrected chi connectivity index (χ0v) is 12.6. The van der Waals surface area contributed by atoms with E-state index in [1.165, 1.54) is 19.1 Å². The van der Waals surface area contributed by atoms with E-state index in [0.29, 0.717) is 11.8 Å². The maximum atomic E-state index is 11.9. The summed E-state index contributed by atoms with van der Waals surface area (Å²) in [6.07, 6.45) is 5.36. The van der Waals surface area contributed by atoms with Gasteiger partial charge in [-0.1, -0.05) is 36.4 Å². The number of likely N-dealkylation sites (tertiary alicyclic amines) is 1. The highest BCUT2D eigenvalue weighted by Crippen LogP contribution is 2.37. The summed E-state index contributed by atoms with van der Waals surface area (Å²) in [5.74, 6) is 0.876. The quantitative estimate of drug-likeness (QED) is 0.800. The third kappa shape index (κ3) is 3.18. The molecule has 21 heavy (non-hydrogen) atoms. The molecule has 0 amide bonds. The molecule has 0 N–H and O–H groups in total. The van der Waals surface area contributed by atoms with E-state index in [9.17, 15) is 4.79 Å². The molecule has 0 radical (unpaired) electrons. The number of rotatable bonds is 3. The lowest BCUT2D eigenvalue weighted by Crippen LogP contribution is -2.42. The van der Waals surface area contributed by atoms with Crippen molar-refractivity contribution in [3.05, 3.63) is 47.5 Å². The summed E-state index contributed by atoms with van der Waals surface area (Å²) in [6, 6.07) is 10.6.